The average Bonchev–Trinajstić information content (AvgIpc) is 3.28. The SMILES string of the molecule is CN=C(NCC(C)c1cccc(C)c1)N1CCC(CN2CCCC2)C1.I. The lowest BCUT2D eigenvalue weighted by atomic mass is 9.99. The number of hydrogen-bond donors (Lipinski definition) is 1. The summed E-state index contributed by atoms with van der Waals surface area (Å²) in [5, 5.41) is 3.61. The van der Waals surface area contributed by atoms with E-state index in [0.29, 0.717) is 5.92 Å². The molecule has 2 unspecified atom stereocenters. The zero-order valence-corrected chi connectivity index (χ0v) is 18.9. The number of halogens is 1. The van der Waals surface area contributed by atoms with Crippen molar-refractivity contribution in [3.05, 3.63) is 35.4 Å². The summed E-state index contributed by atoms with van der Waals surface area (Å²) < 4.78 is 0. The molecule has 3 rings (SSSR count). The van der Waals surface area contributed by atoms with Crippen molar-refractivity contribution >= 4 is 29.9 Å². The highest BCUT2D eigenvalue weighted by Gasteiger charge is 2.27. The van der Waals surface area contributed by atoms with E-state index in [1.54, 1.807) is 0 Å². The Morgan fingerprint density at radius 2 is 2.04 bits per heavy atom. The lowest BCUT2D eigenvalue weighted by Crippen LogP contribution is -2.42. The van der Waals surface area contributed by atoms with Gasteiger partial charge >= 0.3 is 0 Å². The van der Waals surface area contributed by atoms with Crippen LogP contribution in [0.25, 0.3) is 0 Å². The summed E-state index contributed by atoms with van der Waals surface area (Å²) in [4.78, 5) is 9.63. The van der Waals surface area contributed by atoms with Gasteiger partial charge in [-0.25, -0.2) is 0 Å². The number of nitrogens with one attached hydrogen (secondary N) is 1. The second-order valence-electron chi connectivity index (χ2n) is 7.85. The molecule has 2 atom stereocenters. The molecule has 26 heavy (non-hydrogen) atoms. The fraction of sp³-hybridized carbons (Fsp3) is 0.667. The van der Waals surface area contributed by atoms with Crippen molar-refractivity contribution in [1.82, 2.24) is 15.1 Å². The highest BCUT2D eigenvalue weighted by Crippen LogP contribution is 2.20. The van der Waals surface area contributed by atoms with Gasteiger partial charge in [-0.05, 0) is 56.7 Å². The molecule has 0 aromatic heterocycles. The topological polar surface area (TPSA) is 30.9 Å². The summed E-state index contributed by atoms with van der Waals surface area (Å²) in [6, 6.07) is 8.83. The van der Waals surface area contributed by atoms with E-state index in [-0.39, 0.29) is 24.0 Å². The number of hydrogen-bond acceptors (Lipinski definition) is 2. The molecule has 2 aliphatic heterocycles. The van der Waals surface area contributed by atoms with Crippen molar-refractivity contribution in [3.8, 4) is 0 Å². The number of likely N-dealkylation sites (tertiary alicyclic amines) is 2. The minimum atomic E-state index is 0. The van der Waals surface area contributed by atoms with E-state index in [4.69, 9.17) is 0 Å². The van der Waals surface area contributed by atoms with Crippen LogP contribution in [0, 0.1) is 12.8 Å². The number of benzene rings is 1. The minimum absolute atomic E-state index is 0. The van der Waals surface area contributed by atoms with Crippen molar-refractivity contribution in [1.29, 1.82) is 0 Å². The van der Waals surface area contributed by atoms with Gasteiger partial charge in [-0.1, -0.05) is 36.8 Å². The van der Waals surface area contributed by atoms with Gasteiger partial charge in [-0.15, -0.1) is 24.0 Å². The molecule has 0 bridgehead atoms. The maximum Gasteiger partial charge on any atom is 0.193 e. The van der Waals surface area contributed by atoms with Crippen LogP contribution in [0.15, 0.2) is 29.3 Å². The van der Waals surface area contributed by atoms with Gasteiger partial charge in [0, 0.05) is 33.2 Å². The largest absolute Gasteiger partial charge is 0.356 e. The molecule has 4 nitrogen and oxygen atoms in total. The lowest BCUT2D eigenvalue weighted by Gasteiger charge is -2.24. The third-order valence-corrected chi connectivity index (χ3v) is 5.69. The Labute approximate surface area is 176 Å². The molecule has 0 spiro atoms. The number of guanidine groups is 1. The molecule has 146 valence electrons. The highest BCUT2D eigenvalue weighted by molar-refractivity contribution is 14.0. The summed E-state index contributed by atoms with van der Waals surface area (Å²) in [6.07, 6.45) is 4.07. The second kappa shape index (κ2) is 10.5. The minimum Gasteiger partial charge on any atom is -0.356 e. The smallest absolute Gasteiger partial charge is 0.193 e. The van der Waals surface area contributed by atoms with E-state index in [1.807, 2.05) is 7.05 Å². The number of nitrogens with zero attached hydrogens (tertiary/aromatic N) is 3. The van der Waals surface area contributed by atoms with Gasteiger partial charge in [0.2, 0.25) is 0 Å². The number of aliphatic imine (C=N–C) groups is 1. The molecule has 2 heterocycles. The Balaban J connectivity index is 0.00000243. The molecule has 2 fully saturated rings. The van der Waals surface area contributed by atoms with Gasteiger partial charge in [0.1, 0.15) is 0 Å². The second-order valence-corrected chi connectivity index (χ2v) is 7.85. The van der Waals surface area contributed by atoms with Crippen LogP contribution in [0.1, 0.15) is 43.2 Å². The maximum absolute atomic E-state index is 4.54. The first-order valence-electron chi connectivity index (χ1n) is 9.90. The van der Waals surface area contributed by atoms with Crippen molar-refractivity contribution < 1.29 is 0 Å². The van der Waals surface area contributed by atoms with Crippen LogP contribution in [0.3, 0.4) is 0 Å². The summed E-state index contributed by atoms with van der Waals surface area (Å²) in [7, 11) is 1.91. The van der Waals surface area contributed by atoms with E-state index >= 15 is 0 Å². The van der Waals surface area contributed by atoms with Gasteiger partial charge in [0.05, 0.1) is 0 Å². The van der Waals surface area contributed by atoms with Gasteiger partial charge in [0.25, 0.3) is 0 Å². The molecule has 1 N–H and O–H groups in total. The third-order valence-electron chi connectivity index (χ3n) is 5.69. The molecule has 0 radical (unpaired) electrons. The van der Waals surface area contributed by atoms with Gasteiger partial charge in [0.15, 0.2) is 5.96 Å². The van der Waals surface area contributed by atoms with Crippen LogP contribution < -0.4 is 5.32 Å². The van der Waals surface area contributed by atoms with Crippen LogP contribution in [-0.2, 0) is 0 Å². The Kier molecular flexibility index (Phi) is 8.67. The Morgan fingerprint density at radius 3 is 2.73 bits per heavy atom. The summed E-state index contributed by atoms with van der Waals surface area (Å²) in [5.74, 6) is 2.36. The molecule has 1 aromatic rings. The number of rotatable bonds is 5. The molecule has 0 aliphatic carbocycles. The first-order valence-corrected chi connectivity index (χ1v) is 9.90. The van der Waals surface area contributed by atoms with Crippen LogP contribution in [0.2, 0.25) is 0 Å². The molecule has 1 aromatic carbocycles. The quantitative estimate of drug-likeness (QED) is 0.405. The summed E-state index contributed by atoms with van der Waals surface area (Å²) >= 11 is 0. The van der Waals surface area contributed by atoms with Crippen molar-refractivity contribution in [3.63, 3.8) is 0 Å². The van der Waals surface area contributed by atoms with Crippen molar-refractivity contribution in [2.24, 2.45) is 10.9 Å². The molecule has 2 saturated heterocycles. The van der Waals surface area contributed by atoms with Gasteiger partial charge < -0.3 is 15.1 Å². The predicted molar refractivity (Wildman–Crippen MR) is 122 cm³/mol. The van der Waals surface area contributed by atoms with E-state index in [9.17, 15) is 0 Å². The van der Waals surface area contributed by atoms with Crippen LogP contribution in [0.4, 0.5) is 0 Å². The fourth-order valence-corrected chi connectivity index (χ4v) is 4.18. The molecule has 0 amide bonds. The Bertz CT molecular complexity index is 583. The molecular formula is C21H35IN4. The maximum atomic E-state index is 4.54. The normalized spacial score (nSPS) is 22.3. The van der Waals surface area contributed by atoms with Gasteiger partial charge in [-0.3, -0.25) is 4.99 Å². The Hall–Kier alpha value is -0.820. The molecule has 5 heteroatoms. The molecular weight excluding hydrogens is 435 g/mol. The first-order chi connectivity index (χ1) is 12.2. The number of aryl methyl sites for hydroxylation is 1. The summed E-state index contributed by atoms with van der Waals surface area (Å²) in [5.41, 5.74) is 2.73. The summed E-state index contributed by atoms with van der Waals surface area (Å²) in [6.45, 7) is 11.5. The fourth-order valence-electron chi connectivity index (χ4n) is 4.18. The van der Waals surface area contributed by atoms with Crippen LogP contribution in [0.5, 0.6) is 0 Å². The van der Waals surface area contributed by atoms with Crippen molar-refractivity contribution in [2.45, 2.75) is 39.0 Å². The average molecular weight is 470 g/mol. The van der Waals surface area contributed by atoms with Crippen LogP contribution in [-0.4, -0.2) is 62.1 Å². The van der Waals surface area contributed by atoms with E-state index in [0.717, 1.165) is 31.5 Å². The zero-order valence-electron chi connectivity index (χ0n) is 16.6. The monoisotopic (exact) mass is 470 g/mol. The standard InChI is InChI=1S/C21H34N4.HI/c1-17-7-6-8-20(13-17)18(2)14-23-21(22-3)25-12-9-19(16-25)15-24-10-4-5-11-24;/h6-8,13,18-19H,4-5,9-12,14-16H2,1-3H3,(H,22,23);1H. The van der Waals surface area contributed by atoms with E-state index < -0.39 is 0 Å². The first kappa shape index (κ1) is 21.5. The highest BCUT2D eigenvalue weighted by atomic mass is 127. The lowest BCUT2D eigenvalue weighted by molar-refractivity contribution is 0.281. The predicted octanol–water partition coefficient (Wildman–Crippen LogP) is 3.71. The van der Waals surface area contributed by atoms with E-state index in [1.165, 1.54) is 50.0 Å². The van der Waals surface area contributed by atoms with Crippen molar-refractivity contribution in [2.75, 3.05) is 46.3 Å². The van der Waals surface area contributed by atoms with Gasteiger partial charge in [-0.2, -0.15) is 0 Å². The zero-order chi connectivity index (χ0) is 17.6. The van der Waals surface area contributed by atoms with Crippen LogP contribution >= 0.6 is 24.0 Å². The molecule has 2 aliphatic rings. The van der Waals surface area contributed by atoms with E-state index in [2.05, 4.69) is 58.2 Å². The Morgan fingerprint density at radius 1 is 1.27 bits per heavy atom. The molecule has 0 saturated carbocycles. The third kappa shape index (κ3) is 5.84.